The second-order valence-electron chi connectivity index (χ2n) is 13.6. The van der Waals surface area contributed by atoms with Gasteiger partial charge in [0.05, 0.1) is 11.0 Å². The van der Waals surface area contributed by atoms with Gasteiger partial charge >= 0.3 is 0 Å². The number of hydrogen-bond donors (Lipinski definition) is 0. The second kappa shape index (κ2) is 8.62. The van der Waals surface area contributed by atoms with Crippen LogP contribution in [0, 0.1) is 0 Å². The lowest BCUT2D eigenvalue weighted by atomic mass is 9.80. The van der Waals surface area contributed by atoms with E-state index in [9.17, 15) is 0 Å². The molecule has 1 aromatic heterocycles. The van der Waals surface area contributed by atoms with Gasteiger partial charge in [-0.05, 0) is 68.3 Å². The number of rotatable bonds is 2. The summed E-state index contributed by atoms with van der Waals surface area (Å²) in [7, 11) is 0. The van der Waals surface area contributed by atoms with E-state index in [1.165, 1.54) is 55.3 Å². The van der Waals surface area contributed by atoms with Crippen LogP contribution in [0.15, 0.2) is 84.9 Å². The van der Waals surface area contributed by atoms with Crippen LogP contribution < -0.4 is 0 Å². The molecule has 0 N–H and O–H groups in total. The van der Waals surface area contributed by atoms with Crippen LogP contribution in [0.4, 0.5) is 0 Å². The average Bonchev–Trinajstić information content (AvgIpc) is 3.17. The molecule has 1 heteroatoms. The molecule has 0 fully saturated rings. The van der Waals surface area contributed by atoms with Crippen LogP contribution in [0.25, 0.3) is 38.6 Å². The third-order valence-corrected chi connectivity index (χ3v) is 7.62. The first-order valence-corrected chi connectivity index (χ1v) is 13.6. The van der Waals surface area contributed by atoms with Crippen LogP contribution in [0.1, 0.15) is 79.0 Å². The van der Waals surface area contributed by atoms with Crippen LogP contribution in [0.2, 0.25) is 0 Å². The molecule has 0 spiro atoms. The number of hydrogen-bond acceptors (Lipinski definition) is 0. The molecule has 5 aromatic rings. The van der Waals surface area contributed by atoms with E-state index in [1.807, 2.05) is 0 Å². The lowest BCUT2D eigenvalue weighted by Crippen LogP contribution is -2.17. The molecule has 0 aliphatic heterocycles. The van der Waals surface area contributed by atoms with Gasteiger partial charge in [-0.25, -0.2) is 0 Å². The Morgan fingerprint density at radius 1 is 0.486 bits per heavy atom. The highest BCUT2D eigenvalue weighted by atomic mass is 15.0. The highest BCUT2D eigenvalue weighted by Gasteiger charge is 2.26. The summed E-state index contributed by atoms with van der Waals surface area (Å²) in [4.78, 5) is 0. The molecule has 0 unspecified atom stereocenters. The van der Waals surface area contributed by atoms with Crippen LogP contribution in [0.5, 0.6) is 0 Å². The summed E-state index contributed by atoms with van der Waals surface area (Å²) in [6.45, 7) is 20.9. The summed E-state index contributed by atoms with van der Waals surface area (Å²) in [5.41, 5.74) is 10.6. The van der Waals surface area contributed by atoms with Gasteiger partial charge in [-0.1, -0.05) is 123 Å². The molecule has 1 nitrogen and oxygen atoms in total. The minimum atomic E-state index is 0.0201. The number of fused-ring (bicyclic) bond motifs is 3. The minimum absolute atomic E-state index is 0.0201. The van der Waals surface area contributed by atoms with E-state index in [1.54, 1.807) is 0 Å². The van der Waals surface area contributed by atoms with Gasteiger partial charge in [-0.15, -0.1) is 0 Å². The monoisotopic (exact) mass is 487 g/mol. The van der Waals surface area contributed by atoms with E-state index in [0.29, 0.717) is 0 Å². The van der Waals surface area contributed by atoms with E-state index in [2.05, 4.69) is 152 Å². The summed E-state index contributed by atoms with van der Waals surface area (Å²) in [5.74, 6) is 0. The van der Waals surface area contributed by atoms with Crippen molar-refractivity contribution in [2.45, 2.75) is 78.6 Å². The molecule has 5 rings (SSSR count). The zero-order chi connectivity index (χ0) is 26.8. The van der Waals surface area contributed by atoms with Gasteiger partial charge in [0.2, 0.25) is 0 Å². The Hall–Kier alpha value is -3.32. The Morgan fingerprint density at radius 3 is 1.57 bits per heavy atom. The first kappa shape index (κ1) is 25.3. The molecule has 37 heavy (non-hydrogen) atoms. The minimum Gasteiger partial charge on any atom is -0.309 e. The van der Waals surface area contributed by atoms with Gasteiger partial charge in [0.15, 0.2) is 0 Å². The van der Waals surface area contributed by atoms with Gasteiger partial charge < -0.3 is 4.57 Å². The largest absolute Gasteiger partial charge is 0.309 e. The first-order chi connectivity index (χ1) is 17.3. The topological polar surface area (TPSA) is 4.93 Å². The Kier molecular flexibility index (Phi) is 5.90. The van der Waals surface area contributed by atoms with Crippen molar-refractivity contribution in [3.63, 3.8) is 0 Å². The standard InChI is InChI=1S/C36H41N/c1-34(2,3)25-21-26(35(4,5)6)23-27(22-25)37-30-19-13-17-28(24-15-11-10-12-16-24)32(30)33-29(36(7,8)9)18-14-20-31(33)37/h10-23H,1-9H3. The smallest absolute Gasteiger partial charge is 0.0547 e. The van der Waals surface area contributed by atoms with E-state index < -0.39 is 0 Å². The van der Waals surface area contributed by atoms with E-state index in [0.717, 1.165) is 0 Å². The number of benzene rings is 4. The molecule has 0 aliphatic rings. The third-order valence-electron chi connectivity index (χ3n) is 7.62. The van der Waals surface area contributed by atoms with Gasteiger partial charge in [-0.3, -0.25) is 0 Å². The van der Waals surface area contributed by atoms with Crippen LogP contribution in [-0.2, 0) is 16.2 Å². The SMILES string of the molecule is CC(C)(C)c1cc(-n2c3cccc(-c4ccccc4)c3c3c(C(C)(C)C)cccc32)cc(C(C)(C)C)c1. The quantitative estimate of drug-likeness (QED) is 0.233. The van der Waals surface area contributed by atoms with Gasteiger partial charge in [-0.2, -0.15) is 0 Å². The number of nitrogens with zero attached hydrogens (tertiary/aromatic N) is 1. The molecular weight excluding hydrogens is 446 g/mol. The zero-order valence-electron chi connectivity index (χ0n) is 24.0. The molecule has 1 heterocycles. The highest BCUT2D eigenvalue weighted by Crippen LogP contribution is 2.43. The third kappa shape index (κ3) is 4.50. The summed E-state index contributed by atoms with van der Waals surface area (Å²) in [5, 5.41) is 2.70. The normalized spacial score (nSPS) is 13.0. The van der Waals surface area contributed by atoms with Crippen molar-refractivity contribution in [3.8, 4) is 16.8 Å². The fraction of sp³-hybridized carbons (Fsp3) is 0.333. The van der Waals surface area contributed by atoms with Crippen molar-refractivity contribution >= 4 is 21.8 Å². The number of aromatic nitrogens is 1. The van der Waals surface area contributed by atoms with Crippen molar-refractivity contribution < 1.29 is 0 Å². The molecule has 0 radical (unpaired) electrons. The van der Waals surface area contributed by atoms with Crippen molar-refractivity contribution in [1.29, 1.82) is 0 Å². The fourth-order valence-electron chi connectivity index (χ4n) is 5.48. The Labute approximate surface area is 223 Å². The van der Waals surface area contributed by atoms with Crippen LogP contribution >= 0.6 is 0 Å². The fourth-order valence-corrected chi connectivity index (χ4v) is 5.48. The summed E-state index contributed by atoms with van der Waals surface area (Å²) in [6.07, 6.45) is 0. The van der Waals surface area contributed by atoms with Crippen LogP contribution in [0.3, 0.4) is 0 Å². The maximum Gasteiger partial charge on any atom is 0.0547 e. The maximum atomic E-state index is 2.51. The zero-order valence-corrected chi connectivity index (χ0v) is 24.0. The molecule has 0 bridgehead atoms. The molecule has 0 saturated heterocycles. The lowest BCUT2D eigenvalue weighted by molar-refractivity contribution is 0.568. The predicted octanol–water partition coefficient (Wildman–Crippen LogP) is 10.3. The maximum absolute atomic E-state index is 2.51. The molecule has 0 amide bonds. The van der Waals surface area contributed by atoms with Crippen molar-refractivity contribution in [3.05, 3.63) is 102 Å². The summed E-state index contributed by atoms with van der Waals surface area (Å²) >= 11 is 0. The molecule has 0 aliphatic carbocycles. The van der Waals surface area contributed by atoms with E-state index >= 15 is 0 Å². The average molecular weight is 488 g/mol. The molecular formula is C36H41N. The summed E-state index contributed by atoms with van der Waals surface area (Å²) in [6, 6.07) is 31.7. The predicted molar refractivity (Wildman–Crippen MR) is 162 cm³/mol. The Balaban J connectivity index is 1.99. The molecule has 0 atom stereocenters. The molecule has 0 saturated carbocycles. The Bertz CT molecular complexity index is 1560. The van der Waals surface area contributed by atoms with E-state index in [-0.39, 0.29) is 16.2 Å². The van der Waals surface area contributed by atoms with Gasteiger partial charge in [0, 0.05) is 16.5 Å². The van der Waals surface area contributed by atoms with Crippen molar-refractivity contribution in [2.24, 2.45) is 0 Å². The highest BCUT2D eigenvalue weighted by molar-refractivity contribution is 6.17. The van der Waals surface area contributed by atoms with Crippen molar-refractivity contribution in [1.82, 2.24) is 4.57 Å². The van der Waals surface area contributed by atoms with Crippen molar-refractivity contribution in [2.75, 3.05) is 0 Å². The summed E-state index contributed by atoms with van der Waals surface area (Å²) < 4.78 is 2.51. The van der Waals surface area contributed by atoms with Gasteiger partial charge in [0.25, 0.3) is 0 Å². The van der Waals surface area contributed by atoms with E-state index in [4.69, 9.17) is 0 Å². The van der Waals surface area contributed by atoms with Gasteiger partial charge in [0.1, 0.15) is 0 Å². The molecule has 4 aromatic carbocycles. The second-order valence-corrected chi connectivity index (χ2v) is 13.6. The Morgan fingerprint density at radius 2 is 1.03 bits per heavy atom. The lowest BCUT2D eigenvalue weighted by Gasteiger charge is -2.27. The van der Waals surface area contributed by atoms with Crippen LogP contribution in [-0.4, -0.2) is 4.57 Å². The molecule has 190 valence electrons. The first-order valence-electron chi connectivity index (χ1n) is 13.6.